The Morgan fingerprint density at radius 1 is 1.20 bits per heavy atom. The second-order valence-electron chi connectivity index (χ2n) is 3.60. The maximum atomic E-state index is 11.2. The lowest BCUT2D eigenvalue weighted by molar-refractivity contribution is 1.05. The normalized spacial score (nSPS) is 10.5. The van der Waals surface area contributed by atoms with E-state index in [1.807, 2.05) is 38.1 Å². The van der Waals surface area contributed by atoms with Gasteiger partial charge in [-0.3, -0.25) is 0 Å². The molecule has 1 aromatic carbocycles. The zero-order valence-electron chi connectivity index (χ0n) is 8.92. The van der Waals surface area contributed by atoms with Gasteiger partial charge in [0.05, 0.1) is 5.69 Å². The molecule has 0 saturated heterocycles. The molecule has 0 aliphatic heterocycles. The third-order valence-electron chi connectivity index (χ3n) is 2.57. The monoisotopic (exact) mass is 202 g/mol. The van der Waals surface area contributed by atoms with Crippen LogP contribution in [-0.4, -0.2) is 9.97 Å². The van der Waals surface area contributed by atoms with Crippen LogP contribution in [0, 0.1) is 6.92 Å². The lowest BCUT2D eigenvalue weighted by Crippen LogP contribution is -2.00. The van der Waals surface area contributed by atoms with Crippen LogP contribution in [0.4, 0.5) is 0 Å². The van der Waals surface area contributed by atoms with E-state index in [1.54, 1.807) is 0 Å². The van der Waals surface area contributed by atoms with E-state index in [2.05, 4.69) is 9.97 Å². The van der Waals surface area contributed by atoms with Crippen LogP contribution in [0.2, 0.25) is 0 Å². The number of benzene rings is 1. The highest BCUT2D eigenvalue weighted by atomic mass is 16.1. The molecule has 0 aliphatic carbocycles. The summed E-state index contributed by atoms with van der Waals surface area (Å²) in [6.07, 6.45) is 0.822. The average molecular weight is 202 g/mol. The summed E-state index contributed by atoms with van der Waals surface area (Å²) >= 11 is 0. The van der Waals surface area contributed by atoms with Crippen molar-refractivity contribution in [2.75, 3.05) is 0 Å². The third-order valence-corrected chi connectivity index (χ3v) is 2.57. The van der Waals surface area contributed by atoms with Crippen molar-refractivity contribution < 1.29 is 0 Å². The number of nitrogens with one attached hydrogen (secondary N) is 2. The van der Waals surface area contributed by atoms with E-state index in [9.17, 15) is 4.79 Å². The van der Waals surface area contributed by atoms with Gasteiger partial charge in [-0.05, 0) is 18.9 Å². The fourth-order valence-corrected chi connectivity index (χ4v) is 1.77. The molecule has 3 heteroatoms. The van der Waals surface area contributed by atoms with E-state index in [4.69, 9.17) is 0 Å². The molecule has 0 atom stereocenters. The molecule has 0 unspecified atom stereocenters. The van der Waals surface area contributed by atoms with Gasteiger partial charge < -0.3 is 9.97 Å². The minimum atomic E-state index is -0.134. The average Bonchev–Trinajstić information content (AvgIpc) is 2.60. The Kier molecular flexibility index (Phi) is 2.46. The Morgan fingerprint density at radius 2 is 1.93 bits per heavy atom. The Labute approximate surface area is 88.2 Å². The second kappa shape index (κ2) is 3.77. The minimum Gasteiger partial charge on any atom is -0.309 e. The summed E-state index contributed by atoms with van der Waals surface area (Å²) < 4.78 is 0. The Hall–Kier alpha value is -1.77. The molecule has 0 amide bonds. The van der Waals surface area contributed by atoms with E-state index >= 15 is 0 Å². The molecule has 3 nitrogen and oxygen atoms in total. The maximum Gasteiger partial charge on any atom is 0.323 e. The van der Waals surface area contributed by atoms with Gasteiger partial charge in [0.1, 0.15) is 0 Å². The molecule has 2 aromatic rings. The topological polar surface area (TPSA) is 48.6 Å². The highest BCUT2D eigenvalue weighted by Gasteiger charge is 2.08. The highest BCUT2D eigenvalue weighted by Crippen LogP contribution is 2.22. The number of H-pyrrole nitrogens is 2. The molecular weight excluding hydrogens is 188 g/mol. The number of imidazole rings is 1. The van der Waals surface area contributed by atoms with Gasteiger partial charge in [0.25, 0.3) is 0 Å². The van der Waals surface area contributed by atoms with Crippen LogP contribution in [0.1, 0.15) is 18.2 Å². The highest BCUT2D eigenvalue weighted by molar-refractivity contribution is 5.65. The van der Waals surface area contributed by atoms with Crippen LogP contribution >= 0.6 is 0 Å². The molecule has 0 bridgehead atoms. The predicted molar refractivity (Wildman–Crippen MR) is 61.0 cm³/mol. The first-order valence-electron chi connectivity index (χ1n) is 5.09. The summed E-state index contributed by atoms with van der Waals surface area (Å²) in [6.45, 7) is 4.07. The zero-order valence-corrected chi connectivity index (χ0v) is 8.92. The molecule has 0 fully saturated rings. The minimum absolute atomic E-state index is 0.134. The number of aromatic amines is 2. The number of aromatic nitrogens is 2. The molecule has 1 aromatic heterocycles. The second-order valence-corrected chi connectivity index (χ2v) is 3.60. The molecule has 0 saturated carbocycles. The van der Waals surface area contributed by atoms with Gasteiger partial charge in [-0.2, -0.15) is 0 Å². The Balaban J connectivity index is 2.63. The van der Waals surface area contributed by atoms with Crippen LogP contribution in [0.3, 0.4) is 0 Å². The summed E-state index contributed by atoms with van der Waals surface area (Å²) in [7, 11) is 0. The van der Waals surface area contributed by atoms with Crippen LogP contribution in [0.5, 0.6) is 0 Å². The van der Waals surface area contributed by atoms with Crippen molar-refractivity contribution in [3.63, 3.8) is 0 Å². The smallest absolute Gasteiger partial charge is 0.309 e. The van der Waals surface area contributed by atoms with Crippen molar-refractivity contribution in [1.82, 2.24) is 9.97 Å². The van der Waals surface area contributed by atoms with Gasteiger partial charge in [0, 0.05) is 11.3 Å². The fourth-order valence-electron chi connectivity index (χ4n) is 1.77. The Morgan fingerprint density at radius 3 is 2.60 bits per heavy atom. The van der Waals surface area contributed by atoms with Crippen molar-refractivity contribution in [3.05, 3.63) is 46.0 Å². The van der Waals surface area contributed by atoms with Gasteiger partial charge in [0.2, 0.25) is 0 Å². The van der Waals surface area contributed by atoms with E-state index in [-0.39, 0.29) is 5.69 Å². The number of hydrogen-bond donors (Lipinski definition) is 2. The predicted octanol–water partition coefficient (Wildman–Crippen LogP) is 2.24. The number of hydrogen-bond acceptors (Lipinski definition) is 1. The number of rotatable bonds is 2. The molecule has 2 rings (SSSR count). The van der Waals surface area contributed by atoms with E-state index < -0.39 is 0 Å². The van der Waals surface area contributed by atoms with Gasteiger partial charge >= 0.3 is 5.69 Å². The molecule has 2 N–H and O–H groups in total. The van der Waals surface area contributed by atoms with Crippen LogP contribution in [-0.2, 0) is 6.42 Å². The van der Waals surface area contributed by atoms with Gasteiger partial charge in [0.15, 0.2) is 0 Å². The van der Waals surface area contributed by atoms with Crippen LogP contribution in [0.25, 0.3) is 11.3 Å². The first kappa shape index (κ1) is 9.77. The van der Waals surface area contributed by atoms with E-state index in [1.165, 1.54) is 5.56 Å². The van der Waals surface area contributed by atoms with Gasteiger partial charge in [-0.1, -0.05) is 31.2 Å². The zero-order chi connectivity index (χ0) is 10.8. The van der Waals surface area contributed by atoms with Crippen LogP contribution in [0.15, 0.2) is 29.1 Å². The first-order chi connectivity index (χ1) is 7.22. The summed E-state index contributed by atoms with van der Waals surface area (Å²) in [5.74, 6) is 0. The molecular formula is C12H14N2O. The van der Waals surface area contributed by atoms with E-state index in [0.29, 0.717) is 0 Å². The quantitative estimate of drug-likeness (QED) is 0.770. The van der Waals surface area contributed by atoms with Crippen molar-refractivity contribution >= 4 is 0 Å². The van der Waals surface area contributed by atoms with Crippen molar-refractivity contribution in [2.45, 2.75) is 20.3 Å². The van der Waals surface area contributed by atoms with Crippen molar-refractivity contribution in [3.8, 4) is 11.3 Å². The maximum absolute atomic E-state index is 11.2. The summed E-state index contributed by atoms with van der Waals surface area (Å²) in [4.78, 5) is 16.9. The molecule has 1 heterocycles. The number of aryl methyl sites for hydroxylation is 2. The van der Waals surface area contributed by atoms with E-state index in [0.717, 1.165) is 23.4 Å². The van der Waals surface area contributed by atoms with Crippen molar-refractivity contribution in [1.29, 1.82) is 0 Å². The molecule has 0 aliphatic rings. The lowest BCUT2D eigenvalue weighted by atomic mass is 10.0. The SMILES string of the molecule is CCc1[nH]c(=O)[nH]c1-c1ccccc1C. The molecule has 15 heavy (non-hydrogen) atoms. The molecule has 0 spiro atoms. The van der Waals surface area contributed by atoms with Gasteiger partial charge in [-0.25, -0.2) is 4.79 Å². The van der Waals surface area contributed by atoms with Crippen molar-refractivity contribution in [2.24, 2.45) is 0 Å². The van der Waals surface area contributed by atoms with Crippen LogP contribution < -0.4 is 5.69 Å². The largest absolute Gasteiger partial charge is 0.323 e. The summed E-state index contributed by atoms with van der Waals surface area (Å²) in [5.41, 5.74) is 4.01. The lowest BCUT2D eigenvalue weighted by Gasteiger charge is -2.04. The molecule has 0 radical (unpaired) electrons. The Bertz CT molecular complexity index is 522. The summed E-state index contributed by atoms with van der Waals surface area (Å²) in [6, 6.07) is 8.04. The fraction of sp³-hybridized carbons (Fsp3) is 0.250. The standard InChI is InChI=1S/C12H14N2O/c1-3-10-11(14-12(15)13-10)9-7-5-4-6-8(9)2/h4-7H,3H2,1-2H3,(H2,13,14,15). The third kappa shape index (κ3) is 1.73. The molecule has 78 valence electrons. The van der Waals surface area contributed by atoms with Gasteiger partial charge in [-0.15, -0.1) is 0 Å². The first-order valence-corrected chi connectivity index (χ1v) is 5.09. The summed E-state index contributed by atoms with van der Waals surface area (Å²) in [5, 5.41) is 0.